The zero-order valence-corrected chi connectivity index (χ0v) is 20.6. The first kappa shape index (κ1) is 26.4. The van der Waals surface area contributed by atoms with Gasteiger partial charge in [-0.05, 0) is 79.6 Å². The molecule has 4 nitrogen and oxygen atoms in total. The van der Waals surface area contributed by atoms with E-state index in [0.29, 0.717) is 29.8 Å². The van der Waals surface area contributed by atoms with Crippen molar-refractivity contribution in [2.24, 2.45) is 10.9 Å². The molecule has 0 radical (unpaired) electrons. The van der Waals surface area contributed by atoms with E-state index in [-0.39, 0.29) is 28.9 Å². The van der Waals surface area contributed by atoms with E-state index in [1.54, 1.807) is 31.2 Å². The number of rotatable bonds is 8. The second-order valence-corrected chi connectivity index (χ2v) is 9.16. The Morgan fingerprint density at radius 2 is 1.78 bits per heavy atom. The summed E-state index contributed by atoms with van der Waals surface area (Å²) in [6, 6.07) is 13.5. The summed E-state index contributed by atoms with van der Waals surface area (Å²) in [6.45, 7) is 3.67. The van der Waals surface area contributed by atoms with Gasteiger partial charge in [-0.25, -0.2) is 9.38 Å². The molecule has 3 aromatic carbocycles. The first-order valence-corrected chi connectivity index (χ1v) is 12.3. The van der Waals surface area contributed by atoms with Crippen LogP contribution in [0, 0.1) is 11.7 Å². The largest absolute Gasteiger partial charge is 0.508 e. The van der Waals surface area contributed by atoms with Gasteiger partial charge in [0.1, 0.15) is 17.4 Å². The topological polar surface area (TPSA) is 61.7 Å². The van der Waals surface area contributed by atoms with Crippen molar-refractivity contribution in [2.45, 2.75) is 51.6 Å². The van der Waals surface area contributed by atoms with Crippen LogP contribution in [0.15, 0.2) is 65.7 Å². The Balaban J connectivity index is 1.78. The predicted octanol–water partition coefficient (Wildman–Crippen LogP) is 8.04. The second-order valence-electron chi connectivity index (χ2n) is 9.16. The van der Waals surface area contributed by atoms with E-state index >= 15 is 0 Å². The Morgan fingerprint density at radius 3 is 2.38 bits per heavy atom. The van der Waals surface area contributed by atoms with E-state index in [1.807, 2.05) is 6.92 Å². The summed E-state index contributed by atoms with van der Waals surface area (Å²) in [7, 11) is 0. The number of phenolic OH excluding ortho intramolecular Hbond substituents is 1. The fourth-order valence-corrected chi connectivity index (χ4v) is 4.40. The minimum absolute atomic E-state index is 0.0921. The molecule has 0 aromatic heterocycles. The second kappa shape index (κ2) is 10.7. The van der Waals surface area contributed by atoms with Crippen LogP contribution >= 0.6 is 0 Å². The summed E-state index contributed by atoms with van der Waals surface area (Å²) in [6.07, 6.45) is -1.85. The highest BCUT2D eigenvalue weighted by Crippen LogP contribution is 2.45. The lowest BCUT2D eigenvalue weighted by Gasteiger charge is -2.21. The third-order valence-corrected chi connectivity index (χ3v) is 6.57. The number of aromatic hydroxyl groups is 1. The number of carbonyl (C=O) groups is 1. The zero-order valence-electron chi connectivity index (χ0n) is 20.6. The fraction of sp³-hybridized carbons (Fsp3) is 0.310. The number of ketones is 1. The number of hydrogen-bond acceptors (Lipinski definition) is 3. The van der Waals surface area contributed by atoms with Gasteiger partial charge in [0, 0.05) is 16.8 Å². The van der Waals surface area contributed by atoms with Crippen molar-refractivity contribution in [3.05, 3.63) is 88.7 Å². The Hall–Kier alpha value is -3.68. The van der Waals surface area contributed by atoms with Gasteiger partial charge in [0.15, 0.2) is 5.78 Å². The van der Waals surface area contributed by atoms with Crippen molar-refractivity contribution in [3.8, 4) is 5.75 Å². The van der Waals surface area contributed by atoms with Gasteiger partial charge in [0.25, 0.3) is 0 Å². The normalized spacial score (nSPS) is 14.9. The quantitative estimate of drug-likeness (QED) is 0.139. The summed E-state index contributed by atoms with van der Waals surface area (Å²) in [5.74, 6) is -1.02. The van der Waals surface area contributed by atoms with Crippen LogP contribution in [0.25, 0.3) is 0 Å². The number of anilines is 1. The van der Waals surface area contributed by atoms with Gasteiger partial charge in [-0.2, -0.15) is 13.2 Å². The van der Waals surface area contributed by atoms with Gasteiger partial charge in [-0.1, -0.05) is 32.0 Å². The van der Waals surface area contributed by atoms with Crippen LogP contribution < -0.4 is 5.32 Å². The number of nitrogens with zero attached hydrogens (tertiary/aromatic N) is 1. The molecule has 0 aliphatic heterocycles. The molecule has 1 saturated carbocycles. The van der Waals surface area contributed by atoms with Gasteiger partial charge in [0.2, 0.25) is 0 Å². The molecular weight excluding hydrogens is 484 g/mol. The molecule has 0 saturated heterocycles. The van der Waals surface area contributed by atoms with Crippen molar-refractivity contribution in [1.29, 1.82) is 0 Å². The van der Waals surface area contributed by atoms with E-state index in [9.17, 15) is 27.5 Å². The molecule has 2 N–H and O–H groups in total. The number of alkyl halides is 3. The molecule has 4 rings (SSSR count). The third-order valence-electron chi connectivity index (χ3n) is 6.57. The number of phenols is 1. The summed E-state index contributed by atoms with van der Waals surface area (Å²) >= 11 is 0. The molecule has 1 fully saturated rings. The number of aliphatic imine (C=N–C) groups is 1. The maximum absolute atomic E-state index is 14.0. The van der Waals surface area contributed by atoms with Crippen molar-refractivity contribution in [1.82, 2.24) is 0 Å². The SMILES string of the molecule is CCc1c(O)cccc1NC(=Nc1ccc(F)cc1C1CC1)C(CC)C(=O)c1ccc(C(F)(F)F)cc1. The van der Waals surface area contributed by atoms with E-state index in [2.05, 4.69) is 5.32 Å². The van der Waals surface area contributed by atoms with Gasteiger partial charge in [-0.15, -0.1) is 0 Å². The number of Topliss-reactive ketones (excluding diaryl/α,β-unsaturated/α-hetero) is 1. The first-order valence-electron chi connectivity index (χ1n) is 12.3. The minimum Gasteiger partial charge on any atom is -0.508 e. The summed E-state index contributed by atoms with van der Waals surface area (Å²) < 4.78 is 53.1. The highest BCUT2D eigenvalue weighted by atomic mass is 19.4. The number of hydrogen-bond donors (Lipinski definition) is 2. The van der Waals surface area contributed by atoms with E-state index in [4.69, 9.17) is 4.99 Å². The lowest BCUT2D eigenvalue weighted by molar-refractivity contribution is -0.137. The molecule has 8 heteroatoms. The predicted molar refractivity (Wildman–Crippen MR) is 136 cm³/mol. The molecule has 194 valence electrons. The van der Waals surface area contributed by atoms with Crippen molar-refractivity contribution < 1.29 is 27.5 Å². The van der Waals surface area contributed by atoms with Crippen LogP contribution in [0.4, 0.5) is 28.9 Å². The number of amidine groups is 1. The summed E-state index contributed by atoms with van der Waals surface area (Å²) in [4.78, 5) is 18.3. The molecule has 1 unspecified atom stereocenters. The van der Waals surface area contributed by atoms with Crippen molar-refractivity contribution in [2.75, 3.05) is 5.32 Å². The van der Waals surface area contributed by atoms with Crippen molar-refractivity contribution >= 4 is 23.0 Å². The maximum Gasteiger partial charge on any atom is 0.416 e. The summed E-state index contributed by atoms with van der Waals surface area (Å²) in [5.41, 5.74) is 1.77. The molecule has 0 bridgehead atoms. The molecule has 37 heavy (non-hydrogen) atoms. The molecule has 1 aliphatic rings. The van der Waals surface area contributed by atoms with Crippen LogP contribution in [0.5, 0.6) is 5.75 Å². The molecule has 3 aromatic rings. The van der Waals surface area contributed by atoms with Crippen molar-refractivity contribution in [3.63, 3.8) is 0 Å². The average Bonchev–Trinajstić information content (AvgIpc) is 3.70. The number of carbonyl (C=O) groups excluding carboxylic acids is 1. The van der Waals surface area contributed by atoms with Crippen LogP contribution in [0.1, 0.15) is 66.1 Å². The molecule has 0 heterocycles. The van der Waals surface area contributed by atoms with Crippen LogP contribution in [0.3, 0.4) is 0 Å². The lowest BCUT2D eigenvalue weighted by atomic mass is 9.92. The monoisotopic (exact) mass is 512 g/mol. The van der Waals surface area contributed by atoms with Crippen LogP contribution in [-0.4, -0.2) is 16.7 Å². The molecule has 0 spiro atoms. The zero-order chi connectivity index (χ0) is 26.7. The fourth-order valence-electron chi connectivity index (χ4n) is 4.40. The molecule has 0 amide bonds. The van der Waals surface area contributed by atoms with Gasteiger partial charge < -0.3 is 10.4 Å². The Bertz CT molecular complexity index is 1310. The van der Waals surface area contributed by atoms with Gasteiger partial charge in [0.05, 0.1) is 17.2 Å². The molecule has 1 atom stereocenters. The van der Waals surface area contributed by atoms with E-state index in [0.717, 1.165) is 30.5 Å². The first-order chi connectivity index (χ1) is 17.6. The average molecular weight is 513 g/mol. The highest BCUT2D eigenvalue weighted by Gasteiger charge is 2.32. The van der Waals surface area contributed by atoms with Crippen LogP contribution in [0.2, 0.25) is 0 Å². The number of benzene rings is 3. The highest BCUT2D eigenvalue weighted by molar-refractivity contribution is 6.16. The third kappa shape index (κ3) is 6.01. The van der Waals surface area contributed by atoms with Crippen LogP contribution in [-0.2, 0) is 12.6 Å². The Kier molecular flexibility index (Phi) is 7.66. The molecular formula is C29H28F4N2O2. The Labute approximate surface area is 213 Å². The van der Waals surface area contributed by atoms with Gasteiger partial charge >= 0.3 is 6.18 Å². The van der Waals surface area contributed by atoms with E-state index in [1.165, 1.54) is 24.3 Å². The Morgan fingerprint density at radius 1 is 1.08 bits per heavy atom. The number of nitrogens with one attached hydrogen (secondary N) is 1. The molecule has 1 aliphatic carbocycles. The maximum atomic E-state index is 14.0. The summed E-state index contributed by atoms with van der Waals surface area (Å²) in [5, 5.41) is 13.6. The van der Waals surface area contributed by atoms with E-state index < -0.39 is 23.4 Å². The number of halogens is 4. The van der Waals surface area contributed by atoms with Gasteiger partial charge in [-0.3, -0.25) is 4.79 Å². The smallest absolute Gasteiger partial charge is 0.416 e. The minimum atomic E-state index is -4.51. The lowest BCUT2D eigenvalue weighted by Crippen LogP contribution is -2.30. The standard InChI is InChI=1S/C29H28F4N2O2/c1-3-21-24(6-5-7-26(21)36)34-28(35-25-15-14-20(30)16-23(25)17-8-9-17)22(4-2)27(37)18-10-12-19(13-11-18)29(31,32)33/h5-7,10-17,22,36H,3-4,8-9H2,1-2H3,(H,34,35).